The molecule has 1 fully saturated rings. The number of carbonyl (C=O) groups excluding carboxylic acids is 1. The van der Waals surface area contributed by atoms with E-state index >= 15 is 0 Å². The quantitative estimate of drug-likeness (QED) is 0.812. The van der Waals surface area contributed by atoms with E-state index in [1.807, 2.05) is 13.0 Å². The third-order valence-electron chi connectivity index (χ3n) is 4.73. The highest BCUT2D eigenvalue weighted by Crippen LogP contribution is 2.26. The number of ether oxygens (including phenoxy) is 2. The normalized spacial score (nSPS) is 21.3. The predicted octanol–water partition coefficient (Wildman–Crippen LogP) is 3.57. The first kappa shape index (κ1) is 17.7. The number of hydrogen-bond acceptors (Lipinski definition) is 5. The van der Waals surface area contributed by atoms with Crippen LogP contribution in [0.5, 0.6) is 0 Å². The van der Waals surface area contributed by atoms with Crippen molar-refractivity contribution in [3.8, 4) is 0 Å². The molecule has 1 saturated heterocycles. The van der Waals surface area contributed by atoms with Gasteiger partial charge in [-0.1, -0.05) is 26.7 Å². The number of esters is 1. The van der Waals surface area contributed by atoms with Crippen molar-refractivity contribution in [2.24, 2.45) is 5.92 Å². The van der Waals surface area contributed by atoms with E-state index in [2.05, 4.69) is 24.1 Å². The van der Waals surface area contributed by atoms with Crippen LogP contribution in [0.1, 0.15) is 55.6 Å². The van der Waals surface area contributed by atoms with Crippen LogP contribution >= 0.6 is 0 Å². The summed E-state index contributed by atoms with van der Waals surface area (Å²) in [6.07, 6.45) is 4.62. The van der Waals surface area contributed by atoms with E-state index < -0.39 is 0 Å². The van der Waals surface area contributed by atoms with Crippen molar-refractivity contribution >= 4 is 11.8 Å². The number of anilines is 1. The van der Waals surface area contributed by atoms with Gasteiger partial charge in [-0.15, -0.1) is 0 Å². The number of hydrogen-bond donors (Lipinski definition) is 1. The largest absolute Gasteiger partial charge is 0.465 e. The summed E-state index contributed by atoms with van der Waals surface area (Å²) in [7, 11) is 1.38. The zero-order valence-electron chi connectivity index (χ0n) is 14.6. The Morgan fingerprint density at radius 2 is 2.17 bits per heavy atom. The highest BCUT2D eigenvalue weighted by atomic mass is 16.5. The number of nitrogens with one attached hydrogen (secondary N) is 1. The summed E-state index contributed by atoms with van der Waals surface area (Å²) in [6, 6.07) is 3.99. The lowest BCUT2D eigenvalue weighted by molar-refractivity contribution is -0.0271. The Balaban J connectivity index is 2.01. The van der Waals surface area contributed by atoms with E-state index in [0.29, 0.717) is 29.3 Å². The van der Waals surface area contributed by atoms with Gasteiger partial charge in [0.2, 0.25) is 0 Å². The van der Waals surface area contributed by atoms with E-state index in [9.17, 15) is 4.79 Å². The van der Waals surface area contributed by atoms with Crippen molar-refractivity contribution in [1.29, 1.82) is 0 Å². The van der Waals surface area contributed by atoms with Crippen LogP contribution in [0.15, 0.2) is 12.1 Å². The lowest BCUT2D eigenvalue weighted by atomic mass is 9.89. The zero-order chi connectivity index (χ0) is 16.8. The van der Waals surface area contributed by atoms with E-state index in [0.717, 1.165) is 38.1 Å². The number of methoxy groups -OCH3 is 1. The minimum Gasteiger partial charge on any atom is -0.465 e. The van der Waals surface area contributed by atoms with Crippen molar-refractivity contribution < 1.29 is 14.3 Å². The Morgan fingerprint density at radius 3 is 2.78 bits per heavy atom. The molecule has 5 nitrogen and oxygen atoms in total. The number of aromatic nitrogens is 1. The van der Waals surface area contributed by atoms with Gasteiger partial charge in [-0.3, -0.25) is 0 Å². The highest BCUT2D eigenvalue weighted by molar-refractivity contribution is 5.90. The molecule has 1 aromatic heterocycles. The summed E-state index contributed by atoms with van der Waals surface area (Å²) in [4.78, 5) is 16.1. The molecule has 1 aliphatic heterocycles. The van der Waals surface area contributed by atoms with Gasteiger partial charge in [-0.2, -0.15) is 0 Å². The molecule has 0 radical (unpaired) electrons. The maximum Gasteiger partial charge on any atom is 0.339 e. The second-order valence-corrected chi connectivity index (χ2v) is 6.17. The van der Waals surface area contributed by atoms with Crippen LogP contribution in [0, 0.1) is 12.8 Å². The number of rotatable bonds is 6. The molecule has 0 bridgehead atoms. The second-order valence-electron chi connectivity index (χ2n) is 6.17. The molecular weight excluding hydrogens is 292 g/mol. The fourth-order valence-corrected chi connectivity index (χ4v) is 3.28. The molecule has 2 heterocycles. The average Bonchev–Trinajstić information content (AvgIpc) is 2.56. The van der Waals surface area contributed by atoms with Crippen molar-refractivity contribution in [1.82, 2.24) is 4.98 Å². The van der Waals surface area contributed by atoms with Gasteiger partial charge in [0.05, 0.1) is 24.5 Å². The summed E-state index contributed by atoms with van der Waals surface area (Å²) in [5.74, 6) is 1.09. The Morgan fingerprint density at radius 1 is 1.43 bits per heavy atom. The van der Waals surface area contributed by atoms with E-state index in [-0.39, 0.29) is 5.97 Å². The topological polar surface area (TPSA) is 60.5 Å². The molecule has 0 aliphatic carbocycles. The van der Waals surface area contributed by atoms with Gasteiger partial charge in [0.15, 0.2) is 0 Å². The van der Waals surface area contributed by atoms with Gasteiger partial charge < -0.3 is 14.8 Å². The van der Waals surface area contributed by atoms with Gasteiger partial charge in [0.1, 0.15) is 5.82 Å². The number of pyridine rings is 1. The Kier molecular flexibility index (Phi) is 6.39. The molecule has 1 N–H and O–H groups in total. The number of carbonyl (C=O) groups is 1. The molecule has 2 unspecified atom stereocenters. The SMILES string of the molecule is CCC(CC)C1CC(Nc2ccc(C(=O)OC)c(C)n2)CCO1. The average molecular weight is 320 g/mol. The Labute approximate surface area is 138 Å². The Hall–Kier alpha value is -1.62. The maximum absolute atomic E-state index is 11.6. The van der Waals surface area contributed by atoms with Crippen LogP contribution < -0.4 is 5.32 Å². The number of nitrogens with zero attached hydrogens (tertiary/aromatic N) is 1. The first-order chi connectivity index (χ1) is 11.1. The molecule has 1 aliphatic rings. The minimum atomic E-state index is -0.346. The molecular formula is C18H28N2O3. The van der Waals surface area contributed by atoms with Crippen LogP contribution in [-0.4, -0.2) is 36.8 Å². The summed E-state index contributed by atoms with van der Waals surface area (Å²) in [6.45, 7) is 7.07. The summed E-state index contributed by atoms with van der Waals surface area (Å²) >= 11 is 0. The standard InChI is InChI=1S/C18H28N2O3/c1-5-13(6-2)16-11-14(9-10-23-16)20-17-8-7-15(12(3)19-17)18(21)22-4/h7-8,13-14,16H,5-6,9-11H2,1-4H3,(H,19,20). The molecule has 5 heteroatoms. The van der Waals surface area contributed by atoms with Crippen molar-refractivity contribution in [3.05, 3.63) is 23.4 Å². The molecule has 0 aromatic carbocycles. The lowest BCUT2D eigenvalue weighted by Gasteiger charge is -2.34. The smallest absolute Gasteiger partial charge is 0.339 e. The van der Waals surface area contributed by atoms with Crippen molar-refractivity contribution in [3.63, 3.8) is 0 Å². The third-order valence-corrected chi connectivity index (χ3v) is 4.73. The van der Waals surface area contributed by atoms with Gasteiger partial charge in [0, 0.05) is 12.6 Å². The van der Waals surface area contributed by atoms with E-state index in [1.54, 1.807) is 6.07 Å². The predicted molar refractivity (Wildman–Crippen MR) is 90.8 cm³/mol. The summed E-state index contributed by atoms with van der Waals surface area (Å²) in [5.41, 5.74) is 1.20. The monoisotopic (exact) mass is 320 g/mol. The van der Waals surface area contributed by atoms with Crippen molar-refractivity contribution in [2.75, 3.05) is 19.0 Å². The summed E-state index contributed by atoms with van der Waals surface area (Å²) < 4.78 is 10.7. The van der Waals surface area contributed by atoms with Gasteiger partial charge in [-0.25, -0.2) is 9.78 Å². The molecule has 128 valence electrons. The number of aryl methyl sites for hydroxylation is 1. The molecule has 1 aromatic rings. The lowest BCUT2D eigenvalue weighted by Crippen LogP contribution is -2.38. The van der Waals surface area contributed by atoms with Gasteiger partial charge >= 0.3 is 5.97 Å². The van der Waals surface area contributed by atoms with Crippen molar-refractivity contribution in [2.45, 2.75) is 58.6 Å². The first-order valence-corrected chi connectivity index (χ1v) is 8.53. The van der Waals surface area contributed by atoms with E-state index in [4.69, 9.17) is 9.47 Å². The van der Waals surface area contributed by atoms with Crippen LogP contribution in [0.2, 0.25) is 0 Å². The van der Waals surface area contributed by atoms with Crippen LogP contribution in [-0.2, 0) is 9.47 Å². The van der Waals surface area contributed by atoms with Crippen LogP contribution in [0.4, 0.5) is 5.82 Å². The maximum atomic E-state index is 11.6. The van der Waals surface area contributed by atoms with Gasteiger partial charge in [-0.05, 0) is 37.8 Å². The van der Waals surface area contributed by atoms with Gasteiger partial charge in [0.25, 0.3) is 0 Å². The molecule has 0 amide bonds. The molecule has 2 rings (SSSR count). The Bertz CT molecular complexity index is 529. The molecule has 2 atom stereocenters. The van der Waals surface area contributed by atoms with Crippen LogP contribution in [0.3, 0.4) is 0 Å². The minimum absolute atomic E-state index is 0.326. The highest BCUT2D eigenvalue weighted by Gasteiger charge is 2.27. The van der Waals surface area contributed by atoms with E-state index in [1.165, 1.54) is 7.11 Å². The fourth-order valence-electron chi connectivity index (χ4n) is 3.28. The zero-order valence-corrected chi connectivity index (χ0v) is 14.6. The third kappa shape index (κ3) is 4.44. The first-order valence-electron chi connectivity index (χ1n) is 8.53. The summed E-state index contributed by atoms with van der Waals surface area (Å²) in [5, 5.41) is 3.50. The molecule has 0 saturated carbocycles. The fraction of sp³-hybridized carbons (Fsp3) is 0.667. The second kappa shape index (κ2) is 8.29. The molecule has 23 heavy (non-hydrogen) atoms. The van der Waals surface area contributed by atoms with Crippen LogP contribution in [0.25, 0.3) is 0 Å². The molecule has 0 spiro atoms.